The Bertz CT molecular complexity index is 2120. The SMILES string of the molecule is Nc1ccc(Oc2ccc(S(=O)(=O)c3ccc(Oc4ccc(N)cc4C(F)(F)F)c(S(=O)(=O)O)c3)cc2S(=O)(=O)O)c(F)c1. The number of ether oxygens (including phenoxy) is 2. The Labute approximate surface area is 246 Å². The Morgan fingerprint density at radius 1 is 0.591 bits per heavy atom. The normalized spacial score (nSPS) is 12.6. The van der Waals surface area contributed by atoms with E-state index in [1.165, 1.54) is 6.07 Å². The zero-order valence-electron chi connectivity index (χ0n) is 21.5. The maximum absolute atomic E-state index is 14.2. The van der Waals surface area contributed by atoms with Gasteiger partial charge in [0.25, 0.3) is 20.2 Å². The number of sulfone groups is 1. The summed E-state index contributed by atoms with van der Waals surface area (Å²) in [6.07, 6.45) is -5.01. The molecule has 0 radical (unpaired) electrons. The third kappa shape index (κ3) is 6.86. The van der Waals surface area contributed by atoms with Gasteiger partial charge < -0.3 is 20.9 Å². The summed E-state index contributed by atoms with van der Waals surface area (Å²) in [6, 6.07) is 9.02. The highest BCUT2D eigenvalue weighted by Crippen LogP contribution is 2.41. The summed E-state index contributed by atoms with van der Waals surface area (Å²) < 4.78 is 160. The highest BCUT2D eigenvalue weighted by Gasteiger charge is 2.35. The Morgan fingerprint density at radius 3 is 1.43 bits per heavy atom. The smallest absolute Gasteiger partial charge is 0.420 e. The summed E-state index contributed by atoms with van der Waals surface area (Å²) in [5.41, 5.74) is 9.13. The fraction of sp³-hybridized carbons (Fsp3) is 0.0400. The average Bonchev–Trinajstić information content (AvgIpc) is 2.89. The van der Waals surface area contributed by atoms with Gasteiger partial charge in [-0.1, -0.05) is 0 Å². The molecule has 0 fully saturated rings. The molecule has 6 N–H and O–H groups in total. The maximum atomic E-state index is 14.2. The van der Waals surface area contributed by atoms with E-state index in [1.54, 1.807) is 0 Å². The largest absolute Gasteiger partial charge is 0.455 e. The number of rotatable bonds is 8. The van der Waals surface area contributed by atoms with Crippen LogP contribution in [0.3, 0.4) is 0 Å². The van der Waals surface area contributed by atoms with E-state index in [1.807, 2.05) is 0 Å². The monoisotopic (exact) mass is 678 g/mol. The number of anilines is 2. The van der Waals surface area contributed by atoms with Crippen LogP contribution in [0.2, 0.25) is 0 Å². The molecular formula is C25H18F4N2O10S3. The molecule has 0 amide bonds. The molecule has 234 valence electrons. The highest BCUT2D eigenvalue weighted by atomic mass is 32.2. The fourth-order valence-electron chi connectivity index (χ4n) is 3.71. The lowest BCUT2D eigenvalue weighted by Crippen LogP contribution is -2.10. The highest BCUT2D eigenvalue weighted by molar-refractivity contribution is 7.91. The van der Waals surface area contributed by atoms with Gasteiger partial charge in [-0.15, -0.1) is 0 Å². The van der Waals surface area contributed by atoms with Crippen LogP contribution in [0.1, 0.15) is 5.56 Å². The van der Waals surface area contributed by atoms with Gasteiger partial charge in [0, 0.05) is 17.4 Å². The summed E-state index contributed by atoms with van der Waals surface area (Å²) in [7, 11) is -15.5. The first-order valence-corrected chi connectivity index (χ1v) is 15.9. The molecule has 44 heavy (non-hydrogen) atoms. The van der Waals surface area contributed by atoms with Crippen LogP contribution in [0.15, 0.2) is 92.4 Å². The Morgan fingerprint density at radius 2 is 1.00 bits per heavy atom. The first-order chi connectivity index (χ1) is 20.2. The second-order valence-corrected chi connectivity index (χ2v) is 13.5. The van der Waals surface area contributed by atoms with Crippen LogP contribution in [-0.2, 0) is 36.2 Å². The Balaban J connectivity index is 1.81. The molecule has 0 bridgehead atoms. The van der Waals surface area contributed by atoms with E-state index >= 15 is 0 Å². The van der Waals surface area contributed by atoms with Gasteiger partial charge in [-0.25, -0.2) is 12.8 Å². The van der Waals surface area contributed by atoms with Crippen molar-refractivity contribution >= 4 is 41.4 Å². The molecule has 0 heterocycles. The maximum Gasteiger partial charge on any atom is 0.420 e. The van der Waals surface area contributed by atoms with Gasteiger partial charge >= 0.3 is 6.18 Å². The van der Waals surface area contributed by atoms with Gasteiger partial charge in [0.2, 0.25) is 9.84 Å². The van der Waals surface area contributed by atoms with Crippen LogP contribution in [0, 0.1) is 5.82 Å². The topological polar surface area (TPSA) is 213 Å². The molecule has 4 rings (SSSR count). The third-order valence-electron chi connectivity index (χ3n) is 5.71. The number of nitrogen functional groups attached to an aromatic ring is 2. The number of benzene rings is 4. The van der Waals surface area contributed by atoms with Gasteiger partial charge in [0.15, 0.2) is 11.6 Å². The third-order valence-corrected chi connectivity index (χ3v) is 9.21. The van der Waals surface area contributed by atoms with Crippen molar-refractivity contribution in [2.75, 3.05) is 11.5 Å². The average molecular weight is 679 g/mol. The van der Waals surface area contributed by atoms with Crippen LogP contribution < -0.4 is 20.9 Å². The molecule has 12 nitrogen and oxygen atoms in total. The Hall–Kier alpha value is -4.43. The molecule has 0 aromatic heterocycles. The number of halogens is 4. The summed E-state index contributed by atoms with van der Waals surface area (Å²) in [4.78, 5) is -4.15. The van der Waals surface area contributed by atoms with Crippen molar-refractivity contribution in [3.8, 4) is 23.0 Å². The van der Waals surface area contributed by atoms with Crippen molar-refractivity contribution < 1.29 is 61.4 Å². The van der Waals surface area contributed by atoms with Gasteiger partial charge in [-0.3, -0.25) is 9.11 Å². The van der Waals surface area contributed by atoms with Crippen molar-refractivity contribution in [3.63, 3.8) is 0 Å². The number of nitrogens with two attached hydrogens (primary N) is 2. The lowest BCUT2D eigenvalue weighted by molar-refractivity contribution is -0.138. The van der Waals surface area contributed by atoms with E-state index in [0.29, 0.717) is 30.3 Å². The van der Waals surface area contributed by atoms with Crippen molar-refractivity contribution in [3.05, 3.63) is 84.2 Å². The molecule has 0 aliphatic carbocycles. The van der Waals surface area contributed by atoms with Crippen LogP contribution in [0.5, 0.6) is 23.0 Å². The van der Waals surface area contributed by atoms with Crippen LogP contribution in [-0.4, -0.2) is 34.4 Å². The van der Waals surface area contributed by atoms with Crippen molar-refractivity contribution in [1.29, 1.82) is 0 Å². The van der Waals surface area contributed by atoms with Crippen molar-refractivity contribution in [2.45, 2.75) is 25.8 Å². The van der Waals surface area contributed by atoms with Gasteiger partial charge in [-0.2, -0.15) is 30.0 Å². The molecule has 0 saturated heterocycles. The number of alkyl halides is 3. The van der Waals surface area contributed by atoms with E-state index in [0.717, 1.165) is 36.4 Å². The minimum absolute atomic E-state index is 0.00114. The Kier molecular flexibility index (Phi) is 8.30. The number of hydrogen-bond donors (Lipinski definition) is 4. The van der Waals surface area contributed by atoms with E-state index < -0.39 is 90.2 Å². The molecule has 0 aliphatic heterocycles. The summed E-state index contributed by atoms with van der Waals surface area (Å²) in [6.45, 7) is 0. The minimum Gasteiger partial charge on any atom is -0.455 e. The standard InChI is InChI=1S/C25H18F4N2O10S3/c26-18-10-14(31)2-6-20(18)41-22-8-4-16(12-24(22)44(37,38)39)42(32,33)15-3-7-21(23(11-15)43(34,35)36)40-19-5-1-13(30)9-17(19)25(27,28)29/h1-12H,30-31H2,(H,34,35,36)(H,37,38,39). The van der Waals surface area contributed by atoms with Gasteiger partial charge in [-0.05, 0) is 66.7 Å². The van der Waals surface area contributed by atoms with Crippen molar-refractivity contribution in [1.82, 2.24) is 0 Å². The van der Waals surface area contributed by atoms with Crippen LogP contribution in [0.4, 0.5) is 28.9 Å². The van der Waals surface area contributed by atoms with Gasteiger partial charge in [0.05, 0.1) is 9.79 Å². The predicted octanol–water partition coefficient (Wildman–Crippen LogP) is 4.92. The second-order valence-electron chi connectivity index (χ2n) is 8.82. The zero-order valence-corrected chi connectivity index (χ0v) is 23.9. The quantitative estimate of drug-likeness (QED) is 0.111. The molecular weight excluding hydrogens is 660 g/mol. The van der Waals surface area contributed by atoms with E-state index in [4.69, 9.17) is 20.9 Å². The first kappa shape index (κ1) is 32.5. The fourth-order valence-corrected chi connectivity index (χ4v) is 6.46. The summed E-state index contributed by atoms with van der Waals surface area (Å²) >= 11 is 0. The minimum atomic E-state index is -5.35. The summed E-state index contributed by atoms with van der Waals surface area (Å²) in [5.74, 6) is -4.11. The first-order valence-electron chi connectivity index (χ1n) is 11.5. The molecule has 0 spiro atoms. The molecule has 19 heteroatoms. The zero-order chi connectivity index (χ0) is 32.8. The predicted molar refractivity (Wildman–Crippen MR) is 145 cm³/mol. The van der Waals surface area contributed by atoms with E-state index in [-0.39, 0.29) is 11.4 Å². The molecule has 4 aromatic rings. The number of hydrogen-bond acceptors (Lipinski definition) is 10. The van der Waals surface area contributed by atoms with Crippen LogP contribution >= 0.6 is 0 Å². The molecule has 0 aliphatic rings. The second kappa shape index (κ2) is 11.2. The van der Waals surface area contributed by atoms with Crippen molar-refractivity contribution in [2.24, 2.45) is 0 Å². The molecule has 0 unspecified atom stereocenters. The molecule has 0 atom stereocenters. The lowest BCUT2D eigenvalue weighted by Gasteiger charge is -2.16. The van der Waals surface area contributed by atoms with Crippen LogP contribution in [0.25, 0.3) is 0 Å². The lowest BCUT2D eigenvalue weighted by atomic mass is 10.1. The van der Waals surface area contributed by atoms with E-state index in [9.17, 15) is 51.9 Å². The summed E-state index contributed by atoms with van der Waals surface area (Å²) in [5, 5.41) is 0. The molecule has 0 saturated carbocycles. The van der Waals surface area contributed by atoms with E-state index in [2.05, 4.69) is 0 Å². The van der Waals surface area contributed by atoms with Gasteiger partial charge in [0.1, 0.15) is 32.6 Å². The molecule has 4 aromatic carbocycles.